The van der Waals surface area contributed by atoms with Gasteiger partial charge in [-0.15, -0.1) is 22.7 Å². The predicted molar refractivity (Wildman–Crippen MR) is 117 cm³/mol. The van der Waals surface area contributed by atoms with Crippen LogP contribution in [0.3, 0.4) is 0 Å². The zero-order valence-electron chi connectivity index (χ0n) is 15.6. The van der Waals surface area contributed by atoms with Gasteiger partial charge in [0.1, 0.15) is 12.4 Å². The summed E-state index contributed by atoms with van der Waals surface area (Å²) in [5, 5.41) is 13.4. The third-order valence-electron chi connectivity index (χ3n) is 4.09. The highest BCUT2D eigenvalue weighted by molar-refractivity contribution is 8.01. The van der Waals surface area contributed by atoms with Crippen molar-refractivity contribution in [2.45, 2.75) is 15.8 Å². The van der Waals surface area contributed by atoms with E-state index in [4.69, 9.17) is 9.47 Å². The van der Waals surface area contributed by atoms with Gasteiger partial charge in [0.2, 0.25) is 0 Å². The second-order valence-corrected chi connectivity index (χ2v) is 9.24. The van der Waals surface area contributed by atoms with E-state index in [1.54, 1.807) is 23.6 Å². The summed E-state index contributed by atoms with van der Waals surface area (Å²) in [4.78, 5) is 28.3. The average molecular weight is 459 g/mol. The lowest BCUT2D eigenvalue weighted by Crippen LogP contribution is -2.03. The summed E-state index contributed by atoms with van der Waals surface area (Å²) >= 11 is 3.98. The molecule has 0 aliphatic rings. The van der Waals surface area contributed by atoms with Crippen LogP contribution in [0.25, 0.3) is 10.2 Å². The van der Waals surface area contributed by atoms with E-state index >= 15 is 0 Å². The predicted octanol–water partition coefficient (Wildman–Crippen LogP) is 5.78. The highest BCUT2D eigenvalue weighted by Gasteiger charge is 2.19. The Morgan fingerprint density at radius 3 is 2.83 bits per heavy atom. The Balaban J connectivity index is 1.54. The van der Waals surface area contributed by atoms with Gasteiger partial charge in [-0.1, -0.05) is 30.0 Å². The molecule has 0 radical (unpaired) electrons. The van der Waals surface area contributed by atoms with Crippen LogP contribution in [0.5, 0.6) is 5.75 Å². The van der Waals surface area contributed by atoms with E-state index in [1.165, 1.54) is 47.6 Å². The summed E-state index contributed by atoms with van der Waals surface area (Å²) < 4.78 is 12.2. The number of aromatic nitrogens is 1. The van der Waals surface area contributed by atoms with Crippen LogP contribution in [0.1, 0.15) is 15.2 Å². The van der Waals surface area contributed by atoms with E-state index in [9.17, 15) is 14.9 Å². The van der Waals surface area contributed by atoms with Gasteiger partial charge in [0.25, 0.3) is 5.69 Å². The fourth-order valence-electron chi connectivity index (χ4n) is 2.68. The van der Waals surface area contributed by atoms with Crippen molar-refractivity contribution in [2.75, 3.05) is 7.11 Å². The van der Waals surface area contributed by atoms with Crippen LogP contribution in [0.2, 0.25) is 0 Å². The first-order valence-electron chi connectivity index (χ1n) is 8.64. The molecule has 0 amide bonds. The lowest BCUT2D eigenvalue weighted by molar-refractivity contribution is -0.387. The number of fused-ring (bicyclic) bond motifs is 1. The van der Waals surface area contributed by atoms with Gasteiger partial charge in [-0.25, -0.2) is 9.78 Å². The second-order valence-electron chi connectivity index (χ2n) is 6.00. The summed E-state index contributed by atoms with van der Waals surface area (Å²) in [5.41, 5.74) is 1.48. The summed E-state index contributed by atoms with van der Waals surface area (Å²) in [6, 6.07) is 14.4. The molecule has 0 saturated heterocycles. The highest BCUT2D eigenvalue weighted by atomic mass is 32.2. The van der Waals surface area contributed by atoms with Crippen LogP contribution >= 0.6 is 34.4 Å². The standard InChI is InChI=1S/C20H14N2O5S3/c1-26-19(23)18-15(8-9-28-18)27-11-12-6-7-17(14(10-12)22(24)25)30-20-21-13-4-2-3-5-16(13)29-20/h2-10H,11H2,1H3. The van der Waals surface area contributed by atoms with Crippen molar-refractivity contribution in [3.05, 3.63) is 74.5 Å². The number of hydrogen-bond acceptors (Lipinski definition) is 9. The maximum Gasteiger partial charge on any atom is 0.351 e. The van der Waals surface area contributed by atoms with Gasteiger partial charge < -0.3 is 9.47 Å². The van der Waals surface area contributed by atoms with E-state index < -0.39 is 10.9 Å². The number of carbonyl (C=O) groups excluding carboxylic acids is 1. The fraction of sp³-hybridized carbons (Fsp3) is 0.100. The van der Waals surface area contributed by atoms with Crippen LogP contribution in [0, 0.1) is 10.1 Å². The minimum atomic E-state index is -0.478. The molecule has 2 heterocycles. The smallest absolute Gasteiger partial charge is 0.351 e. The molecule has 2 aromatic carbocycles. The molecule has 0 bridgehead atoms. The number of thiazole rings is 1. The number of ether oxygens (including phenoxy) is 2. The number of nitro groups is 1. The Morgan fingerprint density at radius 1 is 1.23 bits per heavy atom. The van der Waals surface area contributed by atoms with E-state index in [0.717, 1.165) is 14.6 Å². The van der Waals surface area contributed by atoms with E-state index in [1.807, 2.05) is 24.3 Å². The van der Waals surface area contributed by atoms with Crippen molar-refractivity contribution in [2.24, 2.45) is 0 Å². The van der Waals surface area contributed by atoms with Crippen molar-refractivity contribution in [1.82, 2.24) is 4.98 Å². The van der Waals surface area contributed by atoms with Gasteiger partial charge in [-0.05, 0) is 35.2 Å². The zero-order chi connectivity index (χ0) is 21.1. The molecule has 4 rings (SSSR count). The molecule has 0 unspecified atom stereocenters. The van der Waals surface area contributed by atoms with Crippen molar-refractivity contribution >= 4 is 56.3 Å². The SMILES string of the molecule is COC(=O)c1sccc1OCc1ccc(Sc2nc3ccccc3s2)c([N+](=O)[O-])c1. The molecular formula is C20H14N2O5S3. The molecule has 0 atom stereocenters. The van der Waals surface area contributed by atoms with Gasteiger partial charge in [-0.2, -0.15) is 0 Å². The Hall–Kier alpha value is -2.95. The molecule has 0 N–H and O–H groups in total. The molecule has 7 nitrogen and oxygen atoms in total. The maximum absolute atomic E-state index is 11.7. The number of esters is 1. The molecule has 0 saturated carbocycles. The Kier molecular flexibility index (Phi) is 5.98. The molecule has 10 heteroatoms. The number of carbonyl (C=O) groups is 1. The van der Waals surface area contributed by atoms with Crippen molar-refractivity contribution in [3.63, 3.8) is 0 Å². The molecule has 2 aromatic heterocycles. The molecular weight excluding hydrogens is 444 g/mol. The first-order valence-corrected chi connectivity index (χ1v) is 11.2. The molecule has 0 spiro atoms. The lowest BCUT2D eigenvalue weighted by Gasteiger charge is -2.08. The van der Waals surface area contributed by atoms with Crippen LogP contribution in [0.15, 0.2) is 63.1 Å². The maximum atomic E-state index is 11.7. The topological polar surface area (TPSA) is 91.6 Å². The minimum absolute atomic E-state index is 0.0149. The Labute approximate surface area is 183 Å². The van der Waals surface area contributed by atoms with Crippen molar-refractivity contribution in [1.29, 1.82) is 0 Å². The number of nitrogens with zero attached hydrogens (tertiary/aromatic N) is 2. The molecule has 0 aliphatic heterocycles. The van der Waals surface area contributed by atoms with Crippen LogP contribution in [0.4, 0.5) is 5.69 Å². The van der Waals surface area contributed by atoms with E-state index in [0.29, 0.717) is 21.1 Å². The summed E-state index contributed by atoms with van der Waals surface area (Å²) in [5.74, 6) is -0.0870. The Morgan fingerprint density at radius 2 is 2.07 bits per heavy atom. The molecule has 4 aromatic rings. The first-order chi connectivity index (χ1) is 14.5. The molecule has 0 fully saturated rings. The third-order valence-corrected chi connectivity index (χ3v) is 7.12. The first kappa shape index (κ1) is 20.3. The zero-order valence-corrected chi connectivity index (χ0v) is 18.0. The van der Waals surface area contributed by atoms with Crippen molar-refractivity contribution < 1.29 is 19.2 Å². The highest BCUT2D eigenvalue weighted by Crippen LogP contribution is 2.39. The number of benzene rings is 2. The van der Waals surface area contributed by atoms with Crippen LogP contribution in [-0.4, -0.2) is 23.0 Å². The quantitative estimate of drug-likeness (QED) is 0.197. The number of rotatable bonds is 7. The number of para-hydroxylation sites is 1. The number of nitro benzene ring substituents is 1. The van der Waals surface area contributed by atoms with Gasteiger partial charge >= 0.3 is 5.97 Å². The van der Waals surface area contributed by atoms with Crippen LogP contribution in [-0.2, 0) is 11.3 Å². The largest absolute Gasteiger partial charge is 0.487 e. The molecule has 152 valence electrons. The summed E-state index contributed by atoms with van der Waals surface area (Å²) in [7, 11) is 1.30. The molecule has 0 aliphatic carbocycles. The normalized spacial score (nSPS) is 10.8. The molecule has 30 heavy (non-hydrogen) atoms. The van der Waals surface area contributed by atoms with E-state index in [2.05, 4.69) is 4.98 Å². The van der Waals surface area contributed by atoms with Gasteiger partial charge in [0.15, 0.2) is 9.22 Å². The second kappa shape index (κ2) is 8.82. The van der Waals surface area contributed by atoms with Crippen LogP contribution < -0.4 is 4.74 Å². The Bertz CT molecular complexity index is 1200. The number of hydrogen-bond donors (Lipinski definition) is 0. The lowest BCUT2D eigenvalue weighted by atomic mass is 10.2. The summed E-state index contributed by atoms with van der Waals surface area (Å²) in [6.07, 6.45) is 0. The summed E-state index contributed by atoms with van der Waals surface area (Å²) in [6.45, 7) is 0.0909. The van der Waals surface area contributed by atoms with Gasteiger partial charge in [-0.3, -0.25) is 10.1 Å². The van der Waals surface area contributed by atoms with Gasteiger partial charge in [0, 0.05) is 6.07 Å². The fourth-order valence-corrected chi connectivity index (χ4v) is 5.54. The van der Waals surface area contributed by atoms with E-state index in [-0.39, 0.29) is 12.3 Å². The monoisotopic (exact) mass is 458 g/mol. The van der Waals surface area contributed by atoms with Gasteiger partial charge in [0.05, 0.1) is 27.1 Å². The average Bonchev–Trinajstić information content (AvgIpc) is 3.38. The number of thiophene rings is 1. The number of methoxy groups -OCH3 is 1. The van der Waals surface area contributed by atoms with Crippen molar-refractivity contribution in [3.8, 4) is 5.75 Å². The third kappa shape index (κ3) is 4.30. The minimum Gasteiger partial charge on any atom is -0.487 e.